The fraction of sp³-hybridized carbons (Fsp3) is 0.500. The number of hydrogen-bond donors (Lipinski definition) is 1. The summed E-state index contributed by atoms with van der Waals surface area (Å²) in [6.07, 6.45) is 4.51. The molecule has 0 spiro atoms. The molecule has 0 fully saturated rings. The lowest BCUT2D eigenvalue weighted by molar-refractivity contribution is 0.543. The molecule has 0 aromatic rings. The number of rotatable bonds is 4. The Morgan fingerprint density at radius 3 is 2.73 bits per heavy atom. The van der Waals surface area contributed by atoms with Crippen molar-refractivity contribution in [3.05, 3.63) is 22.2 Å². The van der Waals surface area contributed by atoms with Crippen LogP contribution >= 0.6 is 15.9 Å². The molecule has 11 heavy (non-hydrogen) atoms. The standard InChI is InChI=1S/C8H13BrFN/c1-7(6-10)5-8(9)3-2-4-11/h3,5H,2,4,6,11H2,1H3/b7-5-,8-3+. The van der Waals surface area contributed by atoms with E-state index in [0.717, 1.165) is 10.9 Å². The van der Waals surface area contributed by atoms with E-state index in [-0.39, 0.29) is 0 Å². The Morgan fingerprint density at radius 2 is 2.27 bits per heavy atom. The highest BCUT2D eigenvalue weighted by atomic mass is 79.9. The molecular formula is C8H13BrFN. The Labute approximate surface area is 75.3 Å². The Kier molecular flexibility index (Phi) is 6.46. The van der Waals surface area contributed by atoms with E-state index < -0.39 is 6.67 Å². The molecule has 0 aliphatic heterocycles. The summed E-state index contributed by atoms with van der Waals surface area (Å²) in [4.78, 5) is 0. The molecule has 0 amide bonds. The molecule has 0 saturated carbocycles. The zero-order valence-electron chi connectivity index (χ0n) is 6.61. The van der Waals surface area contributed by atoms with Crippen molar-refractivity contribution in [2.24, 2.45) is 5.73 Å². The molecule has 0 radical (unpaired) electrons. The summed E-state index contributed by atoms with van der Waals surface area (Å²) in [5.74, 6) is 0. The van der Waals surface area contributed by atoms with Crippen LogP contribution in [-0.2, 0) is 0 Å². The molecule has 0 aliphatic rings. The van der Waals surface area contributed by atoms with E-state index in [1.165, 1.54) is 0 Å². The van der Waals surface area contributed by atoms with Gasteiger partial charge in [-0.3, -0.25) is 0 Å². The second-order valence-electron chi connectivity index (χ2n) is 2.29. The molecule has 0 aliphatic carbocycles. The molecule has 1 nitrogen and oxygen atoms in total. The first-order chi connectivity index (χ1) is 5.20. The van der Waals surface area contributed by atoms with Crippen LogP contribution in [0.3, 0.4) is 0 Å². The van der Waals surface area contributed by atoms with E-state index in [2.05, 4.69) is 15.9 Å². The van der Waals surface area contributed by atoms with E-state index in [9.17, 15) is 4.39 Å². The largest absolute Gasteiger partial charge is 0.330 e. The minimum atomic E-state index is -0.397. The van der Waals surface area contributed by atoms with Gasteiger partial charge in [0.2, 0.25) is 0 Å². The highest BCUT2D eigenvalue weighted by molar-refractivity contribution is 9.11. The molecule has 2 N–H and O–H groups in total. The number of alkyl halides is 1. The molecule has 0 atom stereocenters. The number of halogens is 2. The first kappa shape index (κ1) is 10.8. The van der Waals surface area contributed by atoms with Gasteiger partial charge in [-0.05, 0) is 31.5 Å². The first-order valence-electron chi connectivity index (χ1n) is 3.49. The molecular weight excluding hydrogens is 209 g/mol. The fourth-order valence-electron chi connectivity index (χ4n) is 0.554. The average Bonchev–Trinajstić information content (AvgIpc) is 2.00. The fourth-order valence-corrected chi connectivity index (χ4v) is 1.17. The van der Waals surface area contributed by atoms with Crippen molar-refractivity contribution < 1.29 is 4.39 Å². The van der Waals surface area contributed by atoms with Gasteiger partial charge in [-0.1, -0.05) is 22.0 Å². The van der Waals surface area contributed by atoms with E-state index in [4.69, 9.17) is 5.73 Å². The summed E-state index contributed by atoms with van der Waals surface area (Å²) in [6.45, 7) is 1.97. The smallest absolute Gasteiger partial charge is 0.111 e. The van der Waals surface area contributed by atoms with Crippen LogP contribution in [0.25, 0.3) is 0 Å². The van der Waals surface area contributed by atoms with Crippen molar-refractivity contribution in [1.29, 1.82) is 0 Å². The van der Waals surface area contributed by atoms with Crippen LogP contribution in [0.1, 0.15) is 13.3 Å². The van der Waals surface area contributed by atoms with Crippen molar-refractivity contribution in [3.8, 4) is 0 Å². The van der Waals surface area contributed by atoms with Crippen molar-refractivity contribution in [3.63, 3.8) is 0 Å². The van der Waals surface area contributed by atoms with Crippen LogP contribution in [0, 0.1) is 0 Å². The number of hydrogen-bond acceptors (Lipinski definition) is 1. The highest BCUT2D eigenvalue weighted by Crippen LogP contribution is 2.10. The summed E-state index contributed by atoms with van der Waals surface area (Å²) < 4.78 is 12.8. The minimum Gasteiger partial charge on any atom is -0.330 e. The zero-order valence-corrected chi connectivity index (χ0v) is 8.20. The lowest BCUT2D eigenvalue weighted by Gasteiger charge is -1.92. The van der Waals surface area contributed by atoms with E-state index >= 15 is 0 Å². The Morgan fingerprint density at radius 1 is 1.64 bits per heavy atom. The maximum atomic E-state index is 11.9. The Balaban J connectivity index is 3.93. The SMILES string of the molecule is C/C(=C/C(Br)=C\CCN)CF. The molecule has 0 saturated heterocycles. The topological polar surface area (TPSA) is 26.0 Å². The van der Waals surface area contributed by atoms with Crippen LogP contribution in [0.4, 0.5) is 4.39 Å². The van der Waals surface area contributed by atoms with Crippen molar-refractivity contribution in [2.75, 3.05) is 13.2 Å². The zero-order chi connectivity index (χ0) is 8.69. The molecule has 0 bridgehead atoms. The van der Waals surface area contributed by atoms with E-state index in [1.54, 1.807) is 13.0 Å². The van der Waals surface area contributed by atoms with Gasteiger partial charge < -0.3 is 5.73 Å². The summed E-state index contributed by atoms with van der Waals surface area (Å²) in [5, 5.41) is 0. The van der Waals surface area contributed by atoms with Gasteiger partial charge in [-0.15, -0.1) is 0 Å². The van der Waals surface area contributed by atoms with Gasteiger partial charge in [0.1, 0.15) is 6.67 Å². The highest BCUT2D eigenvalue weighted by Gasteiger charge is 1.88. The Hall–Kier alpha value is -0.150. The number of allylic oxidation sites excluding steroid dienone is 3. The van der Waals surface area contributed by atoms with Crippen molar-refractivity contribution in [1.82, 2.24) is 0 Å². The van der Waals surface area contributed by atoms with Gasteiger partial charge in [0, 0.05) is 4.48 Å². The predicted octanol–water partition coefficient (Wildman–Crippen LogP) is 2.53. The Bertz CT molecular complexity index is 163. The van der Waals surface area contributed by atoms with Crippen molar-refractivity contribution >= 4 is 15.9 Å². The van der Waals surface area contributed by atoms with Crippen LogP contribution in [0.2, 0.25) is 0 Å². The van der Waals surface area contributed by atoms with Crippen LogP contribution in [0.5, 0.6) is 0 Å². The predicted molar refractivity (Wildman–Crippen MR) is 50.4 cm³/mol. The molecule has 0 rings (SSSR count). The maximum Gasteiger partial charge on any atom is 0.111 e. The van der Waals surface area contributed by atoms with Gasteiger partial charge in [0.05, 0.1) is 0 Å². The number of nitrogens with two attached hydrogens (primary N) is 1. The van der Waals surface area contributed by atoms with Crippen LogP contribution in [0.15, 0.2) is 22.2 Å². The summed E-state index contributed by atoms with van der Waals surface area (Å²) in [7, 11) is 0. The van der Waals surface area contributed by atoms with E-state index in [1.807, 2.05) is 6.08 Å². The minimum absolute atomic E-state index is 0.397. The maximum absolute atomic E-state index is 11.9. The van der Waals surface area contributed by atoms with Crippen LogP contribution in [-0.4, -0.2) is 13.2 Å². The third-order valence-electron chi connectivity index (χ3n) is 1.10. The van der Waals surface area contributed by atoms with Gasteiger partial charge in [-0.2, -0.15) is 0 Å². The van der Waals surface area contributed by atoms with Crippen LogP contribution < -0.4 is 5.73 Å². The van der Waals surface area contributed by atoms with Gasteiger partial charge in [0.25, 0.3) is 0 Å². The lowest BCUT2D eigenvalue weighted by atomic mass is 10.3. The molecule has 0 unspecified atom stereocenters. The molecule has 3 heteroatoms. The molecule has 0 aromatic carbocycles. The average molecular weight is 222 g/mol. The van der Waals surface area contributed by atoms with Gasteiger partial charge in [0.15, 0.2) is 0 Å². The third kappa shape index (κ3) is 6.26. The summed E-state index contributed by atoms with van der Waals surface area (Å²) in [5.41, 5.74) is 5.99. The molecule has 64 valence electrons. The van der Waals surface area contributed by atoms with Gasteiger partial charge in [-0.25, -0.2) is 4.39 Å². The quantitative estimate of drug-likeness (QED) is 0.726. The summed E-state index contributed by atoms with van der Waals surface area (Å²) in [6, 6.07) is 0. The third-order valence-corrected chi connectivity index (χ3v) is 1.65. The second-order valence-corrected chi connectivity index (χ2v) is 3.21. The van der Waals surface area contributed by atoms with E-state index in [0.29, 0.717) is 12.1 Å². The summed E-state index contributed by atoms with van der Waals surface area (Å²) >= 11 is 3.28. The monoisotopic (exact) mass is 221 g/mol. The molecule has 0 heterocycles. The normalized spacial score (nSPS) is 13.8. The van der Waals surface area contributed by atoms with Crippen molar-refractivity contribution in [2.45, 2.75) is 13.3 Å². The van der Waals surface area contributed by atoms with Gasteiger partial charge >= 0.3 is 0 Å². The second kappa shape index (κ2) is 6.55. The first-order valence-corrected chi connectivity index (χ1v) is 4.29. The lowest BCUT2D eigenvalue weighted by Crippen LogP contribution is -1.95. The molecule has 0 aromatic heterocycles.